The summed E-state index contributed by atoms with van der Waals surface area (Å²) in [4.78, 5) is 18.0. The highest BCUT2D eigenvalue weighted by Crippen LogP contribution is 2.22. The van der Waals surface area contributed by atoms with Gasteiger partial charge in [0.2, 0.25) is 11.8 Å². The Hall–Kier alpha value is -3.21. The first-order valence-electron chi connectivity index (χ1n) is 10.8. The smallest absolute Gasteiger partial charge is 0.266 e. The summed E-state index contributed by atoms with van der Waals surface area (Å²) in [5, 5.41) is 4.11. The molecule has 4 rings (SSSR count). The first-order valence-corrected chi connectivity index (χ1v) is 12.7. The van der Waals surface area contributed by atoms with Crippen molar-refractivity contribution < 1.29 is 17.7 Å². The van der Waals surface area contributed by atoms with Crippen LogP contribution in [0.1, 0.15) is 38.1 Å². The Balaban J connectivity index is 1.33. The maximum absolute atomic E-state index is 11.6. The normalized spacial score (nSPS) is 16.9. The average molecular weight is 473 g/mol. The van der Waals surface area contributed by atoms with Gasteiger partial charge in [0.15, 0.2) is 15.6 Å². The molecule has 1 fully saturated rings. The first kappa shape index (κ1) is 23.0. The number of ether oxygens (including phenoxy) is 1. The minimum Gasteiger partial charge on any atom is -0.486 e. The molecular formula is C22H28N6O4S. The lowest BCUT2D eigenvalue weighted by Crippen LogP contribution is -2.53. The molecule has 0 bridgehead atoms. The summed E-state index contributed by atoms with van der Waals surface area (Å²) in [6, 6.07) is 6.79. The van der Waals surface area contributed by atoms with E-state index in [0.717, 1.165) is 25.2 Å². The summed E-state index contributed by atoms with van der Waals surface area (Å²) < 4.78 is 34.2. The van der Waals surface area contributed by atoms with Crippen LogP contribution in [-0.2, 0) is 16.4 Å². The number of rotatable bonds is 7. The Morgan fingerprint density at radius 3 is 2.39 bits per heavy atom. The molecule has 1 aliphatic heterocycles. The zero-order valence-electron chi connectivity index (χ0n) is 19.2. The van der Waals surface area contributed by atoms with E-state index in [4.69, 9.17) is 9.26 Å². The Labute approximate surface area is 193 Å². The number of benzene rings is 1. The molecule has 10 nitrogen and oxygen atoms in total. The monoisotopic (exact) mass is 472 g/mol. The SMILES string of the molecule is CC(C)c1nc(N2CCN(c3ncc(OCc4ccc(S(C)(=O)=O)cc4)cn3)C(C)C2)no1. The van der Waals surface area contributed by atoms with Gasteiger partial charge < -0.3 is 19.1 Å². The van der Waals surface area contributed by atoms with Crippen LogP contribution in [0.2, 0.25) is 0 Å². The minimum atomic E-state index is -3.21. The van der Waals surface area contributed by atoms with Crippen LogP contribution in [0.3, 0.4) is 0 Å². The highest BCUT2D eigenvalue weighted by molar-refractivity contribution is 7.90. The maximum atomic E-state index is 11.6. The van der Waals surface area contributed by atoms with Crippen LogP contribution in [0.15, 0.2) is 46.1 Å². The molecule has 0 amide bonds. The van der Waals surface area contributed by atoms with Gasteiger partial charge in [0.05, 0.1) is 17.3 Å². The van der Waals surface area contributed by atoms with Crippen molar-refractivity contribution in [1.82, 2.24) is 20.1 Å². The number of nitrogens with zero attached hydrogens (tertiary/aromatic N) is 6. The van der Waals surface area contributed by atoms with E-state index in [1.807, 2.05) is 13.8 Å². The van der Waals surface area contributed by atoms with E-state index < -0.39 is 9.84 Å². The second-order valence-corrected chi connectivity index (χ2v) is 10.5. The molecule has 0 radical (unpaired) electrons. The molecule has 1 saturated heterocycles. The molecule has 1 unspecified atom stereocenters. The summed E-state index contributed by atoms with van der Waals surface area (Å²) >= 11 is 0. The quantitative estimate of drug-likeness (QED) is 0.508. The van der Waals surface area contributed by atoms with E-state index in [0.29, 0.717) is 30.1 Å². The van der Waals surface area contributed by atoms with Crippen molar-refractivity contribution in [3.63, 3.8) is 0 Å². The maximum Gasteiger partial charge on any atom is 0.266 e. The predicted octanol–water partition coefficient (Wildman–Crippen LogP) is 2.68. The van der Waals surface area contributed by atoms with Crippen molar-refractivity contribution in [3.8, 4) is 5.75 Å². The lowest BCUT2D eigenvalue weighted by molar-refractivity contribution is 0.303. The highest BCUT2D eigenvalue weighted by atomic mass is 32.2. The van der Waals surface area contributed by atoms with Crippen molar-refractivity contribution in [2.45, 2.75) is 44.2 Å². The molecule has 3 aromatic rings. The molecular weight excluding hydrogens is 444 g/mol. The number of piperazine rings is 1. The topological polar surface area (TPSA) is 115 Å². The molecule has 176 valence electrons. The fourth-order valence-electron chi connectivity index (χ4n) is 3.56. The standard InChI is InChI=1S/C22H28N6O4S/c1-15(2)20-25-22(26-32-20)27-9-10-28(16(3)13-27)21-23-11-18(12-24-21)31-14-17-5-7-19(8-6-17)33(4,29)30/h5-8,11-12,15-16H,9-10,13-14H2,1-4H3. The van der Waals surface area contributed by atoms with Crippen molar-refractivity contribution in [2.75, 3.05) is 35.7 Å². The average Bonchev–Trinajstić information content (AvgIpc) is 3.29. The first-order chi connectivity index (χ1) is 15.7. The summed E-state index contributed by atoms with van der Waals surface area (Å²) in [7, 11) is -3.21. The molecule has 0 saturated carbocycles. The second-order valence-electron chi connectivity index (χ2n) is 8.50. The van der Waals surface area contributed by atoms with Gasteiger partial charge in [-0.05, 0) is 29.8 Å². The van der Waals surface area contributed by atoms with Crippen LogP contribution in [0.5, 0.6) is 5.75 Å². The van der Waals surface area contributed by atoms with Crippen LogP contribution in [0, 0.1) is 0 Å². The van der Waals surface area contributed by atoms with Crippen LogP contribution >= 0.6 is 0 Å². The van der Waals surface area contributed by atoms with Crippen LogP contribution in [-0.4, -0.2) is 60.5 Å². The number of sulfone groups is 1. The van der Waals surface area contributed by atoms with Crippen LogP contribution < -0.4 is 14.5 Å². The lowest BCUT2D eigenvalue weighted by atomic mass is 10.2. The summed E-state index contributed by atoms with van der Waals surface area (Å²) in [6.45, 7) is 8.68. The van der Waals surface area contributed by atoms with Gasteiger partial charge >= 0.3 is 0 Å². The van der Waals surface area contributed by atoms with E-state index in [1.165, 1.54) is 6.26 Å². The van der Waals surface area contributed by atoms with Gasteiger partial charge in [-0.1, -0.05) is 26.0 Å². The number of anilines is 2. The summed E-state index contributed by atoms with van der Waals surface area (Å²) in [5.41, 5.74) is 0.860. The van der Waals surface area contributed by atoms with Crippen LogP contribution in [0.4, 0.5) is 11.9 Å². The van der Waals surface area contributed by atoms with Crippen LogP contribution in [0.25, 0.3) is 0 Å². The van der Waals surface area contributed by atoms with Gasteiger partial charge in [-0.25, -0.2) is 18.4 Å². The lowest BCUT2D eigenvalue weighted by Gasteiger charge is -2.39. The van der Waals surface area contributed by atoms with E-state index in [9.17, 15) is 8.42 Å². The van der Waals surface area contributed by atoms with E-state index in [2.05, 4.69) is 36.8 Å². The Kier molecular flexibility index (Phi) is 6.50. The van der Waals surface area contributed by atoms with Crippen molar-refractivity contribution in [1.29, 1.82) is 0 Å². The Bertz CT molecular complexity index is 1180. The van der Waals surface area contributed by atoms with Gasteiger partial charge in [0, 0.05) is 37.8 Å². The molecule has 11 heteroatoms. The van der Waals surface area contributed by atoms with E-state index >= 15 is 0 Å². The molecule has 3 heterocycles. The van der Waals surface area contributed by atoms with Crippen molar-refractivity contribution in [2.24, 2.45) is 0 Å². The fourth-order valence-corrected chi connectivity index (χ4v) is 4.19. The van der Waals surface area contributed by atoms with Gasteiger partial charge in [0.1, 0.15) is 6.61 Å². The zero-order chi connectivity index (χ0) is 23.6. The van der Waals surface area contributed by atoms with Gasteiger partial charge in [-0.3, -0.25) is 0 Å². The van der Waals surface area contributed by atoms with Crippen molar-refractivity contribution >= 4 is 21.7 Å². The summed E-state index contributed by atoms with van der Waals surface area (Å²) in [6.07, 6.45) is 4.49. The molecule has 1 aromatic carbocycles. The van der Waals surface area contributed by atoms with Gasteiger partial charge in [0.25, 0.3) is 5.95 Å². The molecule has 0 spiro atoms. The Morgan fingerprint density at radius 2 is 1.82 bits per heavy atom. The number of hydrogen-bond donors (Lipinski definition) is 0. The third-order valence-corrected chi connectivity index (χ3v) is 6.59. The second kappa shape index (κ2) is 9.34. The molecule has 2 aromatic heterocycles. The molecule has 0 aliphatic carbocycles. The minimum absolute atomic E-state index is 0.167. The predicted molar refractivity (Wildman–Crippen MR) is 123 cm³/mol. The van der Waals surface area contributed by atoms with Gasteiger partial charge in [-0.2, -0.15) is 4.98 Å². The fraction of sp³-hybridized carbons (Fsp3) is 0.455. The molecule has 1 aliphatic rings. The van der Waals surface area contributed by atoms with Crippen molar-refractivity contribution in [3.05, 3.63) is 48.1 Å². The third-order valence-electron chi connectivity index (χ3n) is 5.46. The largest absolute Gasteiger partial charge is 0.486 e. The molecule has 0 N–H and O–H groups in total. The number of aromatic nitrogens is 4. The van der Waals surface area contributed by atoms with E-state index in [-0.39, 0.29) is 16.9 Å². The Morgan fingerprint density at radius 1 is 1.12 bits per heavy atom. The van der Waals surface area contributed by atoms with E-state index in [1.54, 1.807) is 36.7 Å². The highest BCUT2D eigenvalue weighted by Gasteiger charge is 2.28. The third kappa shape index (κ3) is 5.41. The summed E-state index contributed by atoms with van der Waals surface area (Å²) in [5.74, 6) is 2.66. The molecule has 33 heavy (non-hydrogen) atoms. The number of hydrogen-bond acceptors (Lipinski definition) is 10. The zero-order valence-corrected chi connectivity index (χ0v) is 20.0. The molecule has 1 atom stereocenters. The van der Waals surface area contributed by atoms with Gasteiger partial charge in [-0.15, -0.1) is 0 Å².